The van der Waals surface area contributed by atoms with E-state index in [1.165, 1.54) is 7.11 Å². The van der Waals surface area contributed by atoms with Gasteiger partial charge in [-0.15, -0.1) is 0 Å². The van der Waals surface area contributed by atoms with Crippen molar-refractivity contribution in [2.75, 3.05) is 33.4 Å². The first-order chi connectivity index (χ1) is 8.59. The van der Waals surface area contributed by atoms with Crippen LogP contribution in [0.2, 0.25) is 0 Å². The van der Waals surface area contributed by atoms with Gasteiger partial charge in [-0.1, -0.05) is 12.8 Å². The van der Waals surface area contributed by atoms with Crippen molar-refractivity contribution in [3.05, 3.63) is 0 Å². The first kappa shape index (κ1) is 15.8. The minimum atomic E-state index is -3.45. The number of methoxy groups -OCH3 is 1. The zero-order valence-electron chi connectivity index (χ0n) is 10.9. The Kier molecular flexibility index (Phi) is 7.10. The Labute approximate surface area is 109 Å². The monoisotopic (exact) mass is 280 g/mol. The van der Waals surface area contributed by atoms with E-state index in [-0.39, 0.29) is 25.0 Å². The predicted octanol–water partition coefficient (Wildman–Crippen LogP) is -0.144. The van der Waals surface area contributed by atoms with Gasteiger partial charge in [-0.3, -0.25) is 0 Å². The van der Waals surface area contributed by atoms with Gasteiger partial charge >= 0.3 is 0 Å². The Morgan fingerprint density at radius 3 is 2.50 bits per heavy atom. The predicted molar refractivity (Wildman–Crippen MR) is 69.3 cm³/mol. The lowest BCUT2D eigenvalue weighted by atomic mass is 9.80. The highest BCUT2D eigenvalue weighted by Crippen LogP contribution is 2.29. The summed E-state index contributed by atoms with van der Waals surface area (Å²) >= 11 is 0. The molecule has 2 atom stereocenters. The molecule has 1 aliphatic carbocycles. The van der Waals surface area contributed by atoms with Crippen LogP contribution in [-0.4, -0.2) is 46.9 Å². The highest BCUT2D eigenvalue weighted by atomic mass is 32.2. The van der Waals surface area contributed by atoms with Gasteiger partial charge < -0.3 is 9.84 Å². The molecule has 0 saturated heterocycles. The number of rotatable bonds is 8. The van der Waals surface area contributed by atoms with Crippen LogP contribution in [0.3, 0.4) is 0 Å². The Morgan fingerprint density at radius 2 is 1.89 bits per heavy atom. The van der Waals surface area contributed by atoms with E-state index in [9.17, 15) is 13.5 Å². The van der Waals surface area contributed by atoms with Crippen molar-refractivity contribution in [3.63, 3.8) is 0 Å². The van der Waals surface area contributed by atoms with E-state index >= 15 is 0 Å². The molecule has 0 aromatic carbocycles. The highest BCUT2D eigenvalue weighted by molar-refractivity contribution is 7.87. The van der Waals surface area contributed by atoms with Gasteiger partial charge in [0.05, 0.1) is 6.61 Å². The van der Waals surface area contributed by atoms with E-state index in [0.29, 0.717) is 13.2 Å². The van der Waals surface area contributed by atoms with Gasteiger partial charge in [0.25, 0.3) is 10.2 Å². The van der Waals surface area contributed by atoms with Crippen molar-refractivity contribution in [3.8, 4) is 0 Å². The van der Waals surface area contributed by atoms with E-state index in [2.05, 4.69) is 9.44 Å². The van der Waals surface area contributed by atoms with Crippen molar-refractivity contribution in [1.29, 1.82) is 0 Å². The molecule has 108 valence electrons. The van der Waals surface area contributed by atoms with Gasteiger partial charge in [-0.25, -0.2) is 4.72 Å². The third-order valence-corrected chi connectivity index (χ3v) is 4.57. The molecule has 0 aromatic rings. The summed E-state index contributed by atoms with van der Waals surface area (Å²) in [5.74, 6) is 0.461. The number of aliphatic hydroxyl groups is 1. The molecule has 6 nitrogen and oxygen atoms in total. The van der Waals surface area contributed by atoms with Gasteiger partial charge in [0.2, 0.25) is 0 Å². The Morgan fingerprint density at radius 1 is 1.22 bits per heavy atom. The molecule has 0 radical (unpaired) electrons. The van der Waals surface area contributed by atoms with Crippen molar-refractivity contribution >= 4 is 10.2 Å². The summed E-state index contributed by atoms with van der Waals surface area (Å²) in [6.45, 7) is 1.15. The van der Waals surface area contributed by atoms with E-state index in [0.717, 1.165) is 25.7 Å². The minimum absolute atomic E-state index is 0.142. The molecule has 1 rings (SSSR count). The second kappa shape index (κ2) is 8.06. The molecular formula is C11H24N2O4S. The number of hydrogen-bond acceptors (Lipinski definition) is 4. The van der Waals surface area contributed by atoms with Crippen LogP contribution in [0, 0.1) is 11.8 Å². The fraction of sp³-hybridized carbons (Fsp3) is 1.00. The van der Waals surface area contributed by atoms with Crippen LogP contribution < -0.4 is 9.44 Å². The van der Waals surface area contributed by atoms with Gasteiger partial charge in [-0.2, -0.15) is 13.1 Å². The quantitative estimate of drug-likeness (QED) is 0.540. The first-order valence-electron chi connectivity index (χ1n) is 6.43. The van der Waals surface area contributed by atoms with E-state index < -0.39 is 10.2 Å². The molecule has 1 fully saturated rings. The molecule has 0 bridgehead atoms. The minimum Gasteiger partial charge on any atom is -0.396 e. The summed E-state index contributed by atoms with van der Waals surface area (Å²) in [6, 6.07) is 0. The Bertz CT molecular complexity index is 321. The fourth-order valence-electron chi connectivity index (χ4n) is 2.34. The van der Waals surface area contributed by atoms with Gasteiger partial charge in [0.1, 0.15) is 0 Å². The molecule has 7 heteroatoms. The Hall–Kier alpha value is -0.210. The Balaban J connectivity index is 2.33. The summed E-state index contributed by atoms with van der Waals surface area (Å²) in [7, 11) is -1.92. The van der Waals surface area contributed by atoms with E-state index in [1.54, 1.807) is 0 Å². The number of hydrogen-bond donors (Lipinski definition) is 3. The zero-order valence-corrected chi connectivity index (χ0v) is 11.7. The van der Waals surface area contributed by atoms with Crippen molar-refractivity contribution in [2.24, 2.45) is 11.8 Å². The van der Waals surface area contributed by atoms with Crippen LogP contribution in [0.4, 0.5) is 0 Å². The van der Waals surface area contributed by atoms with Crippen LogP contribution in [0.25, 0.3) is 0 Å². The lowest BCUT2D eigenvalue weighted by Crippen LogP contribution is -2.42. The van der Waals surface area contributed by atoms with Crippen molar-refractivity contribution < 1.29 is 18.3 Å². The first-order valence-corrected chi connectivity index (χ1v) is 7.91. The van der Waals surface area contributed by atoms with Crippen LogP contribution in [0.5, 0.6) is 0 Å². The molecule has 0 spiro atoms. The second-order valence-corrected chi connectivity index (χ2v) is 6.31. The maximum absolute atomic E-state index is 11.6. The summed E-state index contributed by atoms with van der Waals surface area (Å²) < 4.78 is 32.9. The largest absolute Gasteiger partial charge is 0.396 e. The second-order valence-electron chi connectivity index (χ2n) is 4.73. The highest BCUT2D eigenvalue weighted by Gasteiger charge is 2.25. The third-order valence-electron chi connectivity index (χ3n) is 3.43. The normalized spacial score (nSPS) is 25.2. The number of nitrogens with one attached hydrogen (secondary N) is 2. The fourth-order valence-corrected chi connectivity index (χ4v) is 3.23. The number of ether oxygens (including phenoxy) is 1. The molecular weight excluding hydrogens is 256 g/mol. The summed E-state index contributed by atoms with van der Waals surface area (Å²) in [6.07, 6.45) is 4.20. The van der Waals surface area contributed by atoms with Crippen LogP contribution in [-0.2, 0) is 14.9 Å². The van der Waals surface area contributed by atoms with Gasteiger partial charge in [0, 0.05) is 26.8 Å². The SMILES string of the molecule is COCCNS(=O)(=O)NCC1CCCCC1CO. The van der Waals surface area contributed by atoms with Gasteiger partial charge in [0.15, 0.2) is 0 Å². The standard InChI is InChI=1S/C11H24N2O4S/c1-17-7-6-12-18(15,16)13-8-10-4-2-3-5-11(10)9-14/h10-14H,2-9H2,1H3. The summed E-state index contributed by atoms with van der Waals surface area (Å²) in [4.78, 5) is 0. The smallest absolute Gasteiger partial charge is 0.276 e. The summed E-state index contributed by atoms with van der Waals surface area (Å²) in [5, 5.41) is 9.25. The molecule has 1 aliphatic rings. The third kappa shape index (κ3) is 5.62. The molecule has 0 amide bonds. The lowest BCUT2D eigenvalue weighted by molar-refractivity contribution is 0.136. The lowest BCUT2D eigenvalue weighted by Gasteiger charge is -2.30. The van der Waals surface area contributed by atoms with Crippen LogP contribution in [0.15, 0.2) is 0 Å². The molecule has 1 saturated carbocycles. The maximum atomic E-state index is 11.6. The van der Waals surface area contributed by atoms with E-state index in [4.69, 9.17) is 4.74 Å². The maximum Gasteiger partial charge on any atom is 0.276 e. The van der Waals surface area contributed by atoms with Gasteiger partial charge in [-0.05, 0) is 24.7 Å². The molecule has 2 unspecified atom stereocenters. The molecule has 0 aromatic heterocycles. The van der Waals surface area contributed by atoms with Crippen LogP contribution in [0.1, 0.15) is 25.7 Å². The van der Waals surface area contributed by atoms with Crippen LogP contribution >= 0.6 is 0 Å². The van der Waals surface area contributed by atoms with Crippen molar-refractivity contribution in [2.45, 2.75) is 25.7 Å². The molecule has 18 heavy (non-hydrogen) atoms. The molecule has 3 N–H and O–H groups in total. The number of aliphatic hydroxyl groups excluding tert-OH is 1. The molecule has 0 heterocycles. The topological polar surface area (TPSA) is 87.7 Å². The zero-order chi connectivity index (χ0) is 13.4. The summed E-state index contributed by atoms with van der Waals surface area (Å²) in [5.41, 5.74) is 0. The van der Waals surface area contributed by atoms with E-state index in [1.807, 2.05) is 0 Å². The molecule has 0 aliphatic heterocycles. The average Bonchev–Trinajstić information content (AvgIpc) is 2.37. The average molecular weight is 280 g/mol. The van der Waals surface area contributed by atoms with Crippen molar-refractivity contribution in [1.82, 2.24) is 9.44 Å².